The first kappa shape index (κ1) is 12.5. The van der Waals surface area contributed by atoms with E-state index in [4.69, 9.17) is 0 Å². The lowest BCUT2D eigenvalue weighted by Crippen LogP contribution is -2.04. The van der Waals surface area contributed by atoms with Crippen LogP contribution < -0.4 is 0 Å². The SMILES string of the molecule is Cc1[c]cccc1-c1c(F)c(F)c(F)c(F)c1F. The van der Waals surface area contributed by atoms with Crippen LogP contribution in [0.1, 0.15) is 5.56 Å². The molecule has 2 aromatic carbocycles. The van der Waals surface area contributed by atoms with E-state index in [1.165, 1.54) is 25.1 Å². The molecule has 18 heavy (non-hydrogen) atoms. The van der Waals surface area contributed by atoms with Crippen molar-refractivity contribution in [3.63, 3.8) is 0 Å². The maximum Gasteiger partial charge on any atom is 0.200 e. The van der Waals surface area contributed by atoms with Gasteiger partial charge in [0.05, 0.1) is 5.56 Å². The Morgan fingerprint density at radius 3 is 1.83 bits per heavy atom. The topological polar surface area (TPSA) is 0 Å². The third-order valence-electron chi connectivity index (χ3n) is 2.54. The summed E-state index contributed by atoms with van der Waals surface area (Å²) in [5.74, 6) is -9.74. The van der Waals surface area contributed by atoms with Crippen LogP contribution >= 0.6 is 0 Å². The van der Waals surface area contributed by atoms with Gasteiger partial charge in [0.2, 0.25) is 5.82 Å². The molecule has 0 N–H and O–H groups in total. The average molecular weight is 257 g/mol. The zero-order chi connectivity index (χ0) is 13.4. The van der Waals surface area contributed by atoms with E-state index < -0.39 is 34.6 Å². The van der Waals surface area contributed by atoms with Crippen molar-refractivity contribution in [2.24, 2.45) is 0 Å². The fourth-order valence-corrected chi connectivity index (χ4v) is 1.63. The van der Waals surface area contributed by atoms with Crippen LogP contribution in [-0.4, -0.2) is 0 Å². The van der Waals surface area contributed by atoms with Crippen molar-refractivity contribution in [1.29, 1.82) is 0 Å². The summed E-state index contributed by atoms with van der Waals surface area (Å²) in [6.07, 6.45) is 0. The number of hydrogen-bond acceptors (Lipinski definition) is 0. The number of hydrogen-bond donors (Lipinski definition) is 0. The molecule has 0 aliphatic heterocycles. The van der Waals surface area contributed by atoms with Gasteiger partial charge in [0, 0.05) is 0 Å². The molecule has 0 saturated carbocycles. The monoisotopic (exact) mass is 257 g/mol. The molecule has 0 aromatic heterocycles. The van der Waals surface area contributed by atoms with Crippen molar-refractivity contribution in [3.05, 3.63) is 58.9 Å². The predicted octanol–water partition coefficient (Wildman–Crippen LogP) is 4.16. The lowest BCUT2D eigenvalue weighted by Gasteiger charge is -2.10. The molecule has 0 saturated heterocycles. The van der Waals surface area contributed by atoms with Gasteiger partial charge in [-0.05, 0) is 24.1 Å². The smallest absolute Gasteiger partial charge is 0.200 e. The van der Waals surface area contributed by atoms with E-state index >= 15 is 0 Å². The summed E-state index contributed by atoms with van der Waals surface area (Å²) in [5, 5.41) is 0. The van der Waals surface area contributed by atoms with Crippen molar-refractivity contribution in [1.82, 2.24) is 0 Å². The average Bonchev–Trinajstić information content (AvgIpc) is 2.36. The molecule has 93 valence electrons. The molecule has 0 atom stereocenters. The Bertz CT molecular complexity index is 590. The van der Waals surface area contributed by atoms with Gasteiger partial charge in [-0.3, -0.25) is 0 Å². The summed E-state index contributed by atoms with van der Waals surface area (Å²) in [7, 11) is 0. The van der Waals surface area contributed by atoms with Crippen LogP contribution in [0.25, 0.3) is 11.1 Å². The first-order valence-electron chi connectivity index (χ1n) is 4.94. The van der Waals surface area contributed by atoms with Gasteiger partial charge in [-0.15, -0.1) is 0 Å². The number of rotatable bonds is 1. The summed E-state index contributed by atoms with van der Waals surface area (Å²) < 4.78 is 66.0. The highest BCUT2D eigenvalue weighted by molar-refractivity contribution is 5.68. The minimum absolute atomic E-state index is 0.0784. The summed E-state index contributed by atoms with van der Waals surface area (Å²) in [6, 6.07) is 6.78. The molecular weight excluding hydrogens is 251 g/mol. The van der Waals surface area contributed by atoms with E-state index in [-0.39, 0.29) is 5.56 Å². The Balaban J connectivity index is 2.85. The fourth-order valence-electron chi connectivity index (χ4n) is 1.63. The molecule has 2 aromatic rings. The van der Waals surface area contributed by atoms with Crippen molar-refractivity contribution in [2.45, 2.75) is 6.92 Å². The highest BCUT2D eigenvalue weighted by Gasteiger charge is 2.26. The third kappa shape index (κ3) is 1.75. The number of benzene rings is 2. The second kappa shape index (κ2) is 4.40. The van der Waals surface area contributed by atoms with Gasteiger partial charge < -0.3 is 0 Å². The molecule has 0 bridgehead atoms. The van der Waals surface area contributed by atoms with Gasteiger partial charge in [-0.2, -0.15) is 0 Å². The normalized spacial score (nSPS) is 10.8. The Kier molecular flexibility index (Phi) is 3.07. The van der Waals surface area contributed by atoms with Crippen LogP contribution in [0.5, 0.6) is 0 Å². The van der Waals surface area contributed by atoms with E-state index in [0.29, 0.717) is 5.56 Å². The highest BCUT2D eigenvalue weighted by atomic mass is 19.2. The Morgan fingerprint density at radius 1 is 0.833 bits per heavy atom. The van der Waals surface area contributed by atoms with Gasteiger partial charge in [0.15, 0.2) is 23.3 Å². The molecule has 0 aliphatic carbocycles. The van der Waals surface area contributed by atoms with Crippen LogP contribution in [0.3, 0.4) is 0 Å². The maximum absolute atomic E-state index is 13.5. The van der Waals surface area contributed by atoms with Crippen molar-refractivity contribution >= 4 is 0 Å². The molecule has 0 aliphatic rings. The summed E-state index contributed by atoms with van der Waals surface area (Å²) in [6.45, 7) is 1.47. The third-order valence-corrected chi connectivity index (χ3v) is 2.54. The number of halogens is 5. The Morgan fingerprint density at radius 2 is 1.33 bits per heavy atom. The Hall–Kier alpha value is -1.91. The summed E-state index contributed by atoms with van der Waals surface area (Å²) >= 11 is 0. The molecule has 0 spiro atoms. The molecule has 5 heteroatoms. The minimum Gasteiger partial charge on any atom is -0.203 e. The highest BCUT2D eigenvalue weighted by Crippen LogP contribution is 2.32. The first-order valence-corrected chi connectivity index (χ1v) is 4.94. The molecule has 1 radical (unpaired) electrons. The predicted molar refractivity (Wildman–Crippen MR) is 55.2 cm³/mol. The van der Waals surface area contributed by atoms with E-state index in [2.05, 4.69) is 6.07 Å². The van der Waals surface area contributed by atoms with Gasteiger partial charge in [0.25, 0.3) is 0 Å². The Labute approximate surface area is 99.7 Å². The molecule has 0 unspecified atom stereocenters. The zero-order valence-electron chi connectivity index (χ0n) is 9.12. The van der Waals surface area contributed by atoms with E-state index in [1.807, 2.05) is 0 Å². The quantitative estimate of drug-likeness (QED) is 0.409. The van der Waals surface area contributed by atoms with E-state index in [0.717, 1.165) is 0 Å². The molecule has 2 rings (SSSR count). The van der Waals surface area contributed by atoms with Crippen LogP contribution in [-0.2, 0) is 0 Å². The van der Waals surface area contributed by atoms with Gasteiger partial charge >= 0.3 is 0 Å². The second-order valence-electron chi connectivity index (χ2n) is 3.65. The number of aryl methyl sites for hydroxylation is 1. The molecule has 0 heterocycles. The van der Waals surface area contributed by atoms with Crippen LogP contribution in [0.4, 0.5) is 22.0 Å². The first-order chi connectivity index (χ1) is 8.45. The van der Waals surface area contributed by atoms with Crippen LogP contribution in [0.15, 0.2) is 18.2 Å². The molecule has 0 nitrogen and oxygen atoms in total. The van der Waals surface area contributed by atoms with Gasteiger partial charge in [-0.25, -0.2) is 22.0 Å². The van der Waals surface area contributed by atoms with Crippen LogP contribution in [0.2, 0.25) is 0 Å². The van der Waals surface area contributed by atoms with Crippen molar-refractivity contribution < 1.29 is 22.0 Å². The summed E-state index contributed by atoms with van der Waals surface area (Å²) in [4.78, 5) is 0. The van der Waals surface area contributed by atoms with Crippen molar-refractivity contribution in [3.8, 4) is 11.1 Å². The van der Waals surface area contributed by atoms with Gasteiger partial charge in [0.1, 0.15) is 0 Å². The largest absolute Gasteiger partial charge is 0.203 e. The maximum atomic E-state index is 13.5. The summed E-state index contributed by atoms with van der Waals surface area (Å²) in [5.41, 5.74) is -0.716. The van der Waals surface area contributed by atoms with Crippen LogP contribution in [0, 0.1) is 42.1 Å². The standard InChI is InChI=1S/C13H6F5/c1-6-4-2-3-5-7(6)8-9(14)11(16)13(18)12(17)10(8)15/h2-3,5H,1H3. The second-order valence-corrected chi connectivity index (χ2v) is 3.65. The minimum atomic E-state index is -2.16. The molecule has 0 amide bonds. The van der Waals surface area contributed by atoms with Crippen molar-refractivity contribution in [2.75, 3.05) is 0 Å². The molecular formula is C13H6F5. The zero-order valence-corrected chi connectivity index (χ0v) is 9.12. The van der Waals surface area contributed by atoms with E-state index in [9.17, 15) is 22.0 Å². The van der Waals surface area contributed by atoms with E-state index in [1.54, 1.807) is 0 Å². The van der Waals surface area contributed by atoms with Gasteiger partial charge in [-0.1, -0.05) is 18.2 Å². The lowest BCUT2D eigenvalue weighted by molar-refractivity contribution is 0.381. The fraction of sp³-hybridized carbons (Fsp3) is 0.0769. The molecule has 0 fully saturated rings. The lowest BCUT2D eigenvalue weighted by atomic mass is 9.99.